The molecule has 0 N–H and O–H groups in total. The summed E-state index contributed by atoms with van der Waals surface area (Å²) in [7, 11) is 0. The molecule has 0 unspecified atom stereocenters. The predicted octanol–water partition coefficient (Wildman–Crippen LogP) is 4.41. The predicted molar refractivity (Wildman–Crippen MR) is 60.6 cm³/mol. The first kappa shape index (κ1) is 9.01. The third kappa shape index (κ3) is 2.02. The van der Waals surface area contributed by atoms with Crippen LogP contribution in [0.1, 0.15) is 31.2 Å². The van der Waals surface area contributed by atoms with Gasteiger partial charge in [0.2, 0.25) is 0 Å². The van der Waals surface area contributed by atoms with Crippen LogP contribution in [0, 0.1) is 0 Å². The van der Waals surface area contributed by atoms with Crippen LogP contribution in [-0.2, 0) is 0 Å². The van der Waals surface area contributed by atoms with E-state index in [9.17, 15) is 0 Å². The zero-order valence-corrected chi connectivity index (χ0v) is 9.18. The van der Waals surface area contributed by atoms with Gasteiger partial charge in [-0.15, -0.1) is 0 Å². The van der Waals surface area contributed by atoms with E-state index in [1.165, 1.54) is 41.3 Å². The van der Waals surface area contributed by atoms with Gasteiger partial charge in [-0.05, 0) is 42.9 Å². The van der Waals surface area contributed by atoms with Crippen LogP contribution in [0.2, 0.25) is 0 Å². The Hall–Kier alpha value is -0.560. The summed E-state index contributed by atoms with van der Waals surface area (Å²) in [5.74, 6) is 0. The molecule has 0 spiro atoms. The van der Waals surface area contributed by atoms with Gasteiger partial charge in [-0.2, -0.15) is 0 Å². The van der Waals surface area contributed by atoms with Gasteiger partial charge in [-0.3, -0.25) is 0 Å². The topological polar surface area (TPSA) is 0 Å². The van der Waals surface area contributed by atoms with Crippen LogP contribution < -0.4 is 0 Å². The highest BCUT2D eigenvalue weighted by molar-refractivity contribution is 9.10. The summed E-state index contributed by atoms with van der Waals surface area (Å²) in [5, 5.41) is 0. The van der Waals surface area contributed by atoms with E-state index in [1.54, 1.807) is 0 Å². The summed E-state index contributed by atoms with van der Waals surface area (Å²) in [6.45, 7) is 0. The van der Waals surface area contributed by atoms with E-state index in [1.807, 2.05) is 0 Å². The molecule has 68 valence electrons. The Bertz CT molecular complexity index is 326. The lowest BCUT2D eigenvalue weighted by Crippen LogP contribution is -1.92. The van der Waals surface area contributed by atoms with Gasteiger partial charge in [0.15, 0.2) is 0 Å². The molecule has 13 heavy (non-hydrogen) atoms. The van der Waals surface area contributed by atoms with Crippen molar-refractivity contribution in [2.75, 3.05) is 0 Å². The number of hydrogen-bond acceptors (Lipinski definition) is 0. The highest BCUT2D eigenvalue weighted by atomic mass is 79.9. The smallest absolute Gasteiger partial charge is 0.0250 e. The molecule has 0 bridgehead atoms. The molecular weight excluding hydrogens is 224 g/mol. The third-order valence-corrected chi connectivity index (χ3v) is 3.20. The van der Waals surface area contributed by atoms with Crippen molar-refractivity contribution in [3.8, 4) is 0 Å². The molecule has 0 saturated carbocycles. The minimum atomic E-state index is 1.23. The first-order chi connectivity index (χ1) is 6.38. The molecule has 1 aromatic rings. The fourth-order valence-electron chi connectivity index (χ4n) is 1.80. The van der Waals surface area contributed by atoms with E-state index in [4.69, 9.17) is 0 Å². The summed E-state index contributed by atoms with van der Waals surface area (Å²) in [6, 6.07) is 8.48. The lowest BCUT2D eigenvalue weighted by atomic mass is 9.94. The number of allylic oxidation sites excluding steroid dienone is 2. The summed E-state index contributed by atoms with van der Waals surface area (Å²) in [6.07, 6.45) is 7.56. The van der Waals surface area contributed by atoms with E-state index in [-0.39, 0.29) is 0 Å². The SMILES string of the molecule is Brc1ccccc1C1=CCCCC1. The Morgan fingerprint density at radius 3 is 2.62 bits per heavy atom. The highest BCUT2D eigenvalue weighted by Gasteiger charge is 2.07. The van der Waals surface area contributed by atoms with Crippen molar-refractivity contribution < 1.29 is 0 Å². The van der Waals surface area contributed by atoms with Crippen molar-refractivity contribution in [3.63, 3.8) is 0 Å². The lowest BCUT2D eigenvalue weighted by Gasteiger charge is -2.13. The van der Waals surface area contributed by atoms with Gasteiger partial charge in [0.25, 0.3) is 0 Å². The molecule has 0 nitrogen and oxygen atoms in total. The Kier molecular flexibility index (Phi) is 2.84. The van der Waals surface area contributed by atoms with Gasteiger partial charge in [-0.25, -0.2) is 0 Å². The van der Waals surface area contributed by atoms with Crippen molar-refractivity contribution in [1.82, 2.24) is 0 Å². The number of benzene rings is 1. The number of rotatable bonds is 1. The minimum Gasteiger partial charge on any atom is -0.0807 e. The van der Waals surface area contributed by atoms with Crippen molar-refractivity contribution in [2.24, 2.45) is 0 Å². The molecule has 0 atom stereocenters. The molecule has 1 aliphatic rings. The standard InChI is InChI=1S/C12H13Br/c13-12-9-5-4-8-11(12)10-6-2-1-3-7-10/h4-6,8-9H,1-3,7H2. The monoisotopic (exact) mass is 236 g/mol. The molecule has 0 radical (unpaired) electrons. The minimum absolute atomic E-state index is 1.23. The van der Waals surface area contributed by atoms with Gasteiger partial charge in [-0.1, -0.05) is 40.2 Å². The molecule has 1 aromatic carbocycles. The van der Waals surface area contributed by atoms with Crippen LogP contribution in [0.15, 0.2) is 34.8 Å². The van der Waals surface area contributed by atoms with Crippen LogP contribution in [0.4, 0.5) is 0 Å². The van der Waals surface area contributed by atoms with E-state index in [0.717, 1.165) is 0 Å². The van der Waals surface area contributed by atoms with E-state index in [0.29, 0.717) is 0 Å². The van der Waals surface area contributed by atoms with Crippen molar-refractivity contribution in [1.29, 1.82) is 0 Å². The summed E-state index contributed by atoms with van der Waals surface area (Å²) in [4.78, 5) is 0. The molecule has 0 heterocycles. The quantitative estimate of drug-likeness (QED) is 0.678. The zero-order chi connectivity index (χ0) is 9.10. The molecule has 0 aromatic heterocycles. The molecule has 0 amide bonds. The second-order valence-corrected chi connectivity index (χ2v) is 4.31. The lowest BCUT2D eigenvalue weighted by molar-refractivity contribution is 0.742. The largest absolute Gasteiger partial charge is 0.0807 e. The van der Waals surface area contributed by atoms with Crippen LogP contribution in [-0.4, -0.2) is 0 Å². The Balaban J connectivity index is 2.34. The number of hydrogen-bond donors (Lipinski definition) is 0. The van der Waals surface area contributed by atoms with Gasteiger partial charge < -0.3 is 0 Å². The van der Waals surface area contributed by atoms with Crippen LogP contribution in [0.3, 0.4) is 0 Å². The van der Waals surface area contributed by atoms with Crippen LogP contribution >= 0.6 is 15.9 Å². The van der Waals surface area contributed by atoms with Gasteiger partial charge in [0, 0.05) is 4.47 Å². The fourth-order valence-corrected chi connectivity index (χ4v) is 2.34. The average Bonchev–Trinajstić information content (AvgIpc) is 2.20. The molecule has 1 aliphatic carbocycles. The molecule has 1 heteroatoms. The fraction of sp³-hybridized carbons (Fsp3) is 0.333. The Labute approximate surface area is 87.8 Å². The van der Waals surface area contributed by atoms with Crippen molar-refractivity contribution in [2.45, 2.75) is 25.7 Å². The summed E-state index contributed by atoms with van der Waals surface area (Å²) < 4.78 is 1.23. The summed E-state index contributed by atoms with van der Waals surface area (Å²) in [5.41, 5.74) is 2.89. The first-order valence-electron chi connectivity index (χ1n) is 4.82. The maximum absolute atomic E-state index is 3.59. The average molecular weight is 237 g/mol. The van der Waals surface area contributed by atoms with Crippen LogP contribution in [0.25, 0.3) is 5.57 Å². The normalized spacial score (nSPS) is 16.8. The second kappa shape index (κ2) is 4.10. The first-order valence-corrected chi connectivity index (χ1v) is 5.61. The van der Waals surface area contributed by atoms with Gasteiger partial charge in [0.1, 0.15) is 0 Å². The van der Waals surface area contributed by atoms with E-state index >= 15 is 0 Å². The van der Waals surface area contributed by atoms with E-state index in [2.05, 4.69) is 46.3 Å². The second-order valence-electron chi connectivity index (χ2n) is 3.45. The van der Waals surface area contributed by atoms with Gasteiger partial charge >= 0.3 is 0 Å². The number of halogens is 1. The zero-order valence-electron chi connectivity index (χ0n) is 7.59. The van der Waals surface area contributed by atoms with Crippen molar-refractivity contribution >= 4 is 21.5 Å². The summed E-state index contributed by atoms with van der Waals surface area (Å²) >= 11 is 3.59. The molecule has 0 fully saturated rings. The third-order valence-electron chi connectivity index (χ3n) is 2.51. The van der Waals surface area contributed by atoms with Gasteiger partial charge in [0.05, 0.1) is 0 Å². The maximum Gasteiger partial charge on any atom is 0.0250 e. The van der Waals surface area contributed by atoms with E-state index < -0.39 is 0 Å². The van der Waals surface area contributed by atoms with Crippen LogP contribution in [0.5, 0.6) is 0 Å². The molecule has 2 rings (SSSR count). The maximum atomic E-state index is 3.59. The molecule has 0 aliphatic heterocycles. The highest BCUT2D eigenvalue weighted by Crippen LogP contribution is 2.31. The Morgan fingerprint density at radius 2 is 1.92 bits per heavy atom. The molecular formula is C12H13Br. The van der Waals surface area contributed by atoms with Crippen molar-refractivity contribution in [3.05, 3.63) is 40.4 Å². The Morgan fingerprint density at radius 1 is 1.08 bits per heavy atom. The molecule has 0 saturated heterocycles.